The minimum atomic E-state index is -1.96. The van der Waals surface area contributed by atoms with Gasteiger partial charge in [0.15, 0.2) is 16.6 Å². The molecule has 2 aliphatic heterocycles. The van der Waals surface area contributed by atoms with Gasteiger partial charge in [0, 0.05) is 94.6 Å². The first kappa shape index (κ1) is 55.4. The molecule has 9 aromatic rings. The largest absolute Gasteiger partial charge is 0.410 e. The summed E-state index contributed by atoms with van der Waals surface area (Å²) in [6.07, 6.45) is 12.4. The van der Waals surface area contributed by atoms with Crippen LogP contribution in [0.25, 0.3) is 76.6 Å². The molecule has 0 saturated carbocycles. The SMILES string of the molecule is C.CC(C)(C)[Si](C)(C)OC1C=CC(n2cc(C3=C(c4c(Cl)[nH]c5cc(Cl)ccc45)C(=O)NC3=O)c3ccccc32)C1.CC(C)(C)[Si](C)(C)O[C@H]1C=CC(n2c3ccccc3c3c4c(c5c6ccc(Cl)cc6[nH]c5c32)C(=O)NC4=O)C1. The molecular formula is C63H65Cl3N6O6Si2. The number of allylic oxidation sites excluding steroid dienone is 2. The Labute approximate surface area is 481 Å². The van der Waals surface area contributed by atoms with Crippen molar-refractivity contribution in [2.24, 2.45) is 0 Å². The van der Waals surface area contributed by atoms with E-state index in [0.717, 1.165) is 72.7 Å². The summed E-state index contributed by atoms with van der Waals surface area (Å²) in [5.74, 6) is -1.63. The number of rotatable bonds is 8. The van der Waals surface area contributed by atoms with Crippen LogP contribution in [0.4, 0.5) is 0 Å². The molecule has 4 atom stereocenters. The van der Waals surface area contributed by atoms with Gasteiger partial charge in [0.2, 0.25) is 0 Å². The van der Waals surface area contributed by atoms with Gasteiger partial charge in [-0.15, -0.1) is 0 Å². The Balaban J connectivity index is 0.000000167. The Morgan fingerprint density at radius 1 is 0.550 bits per heavy atom. The lowest BCUT2D eigenvalue weighted by Gasteiger charge is -2.38. The van der Waals surface area contributed by atoms with Gasteiger partial charge in [0.25, 0.3) is 23.6 Å². The highest BCUT2D eigenvalue weighted by molar-refractivity contribution is 6.74. The minimum Gasteiger partial charge on any atom is -0.410 e. The summed E-state index contributed by atoms with van der Waals surface area (Å²) in [7, 11) is -3.90. The number of aromatic amines is 2. The monoisotopic (exact) mass is 1160 g/mol. The van der Waals surface area contributed by atoms with Gasteiger partial charge in [-0.3, -0.25) is 29.8 Å². The second-order valence-electron chi connectivity index (χ2n) is 24.4. The highest BCUT2D eigenvalue weighted by Gasteiger charge is 2.43. The number of benzene rings is 5. The molecule has 6 heterocycles. The van der Waals surface area contributed by atoms with Crippen molar-refractivity contribution >= 4 is 152 Å². The van der Waals surface area contributed by atoms with Crippen molar-refractivity contribution < 1.29 is 28.0 Å². The third kappa shape index (κ3) is 8.93. The van der Waals surface area contributed by atoms with E-state index in [1.54, 1.807) is 12.1 Å². The highest BCUT2D eigenvalue weighted by atomic mass is 35.5. The van der Waals surface area contributed by atoms with Gasteiger partial charge in [-0.2, -0.15) is 0 Å². The Bertz CT molecular complexity index is 4240. The summed E-state index contributed by atoms with van der Waals surface area (Å²) in [6.45, 7) is 22.6. The lowest BCUT2D eigenvalue weighted by Crippen LogP contribution is -2.43. The van der Waals surface area contributed by atoms with Crippen molar-refractivity contribution in [3.8, 4) is 0 Å². The smallest absolute Gasteiger partial charge is 0.259 e. The van der Waals surface area contributed by atoms with Gasteiger partial charge >= 0.3 is 0 Å². The zero-order valence-electron chi connectivity index (χ0n) is 45.7. The fourth-order valence-electron chi connectivity index (χ4n) is 11.6. The average Bonchev–Trinajstić information content (AvgIpc) is 4.46. The van der Waals surface area contributed by atoms with Crippen LogP contribution in [0.2, 0.25) is 51.5 Å². The van der Waals surface area contributed by atoms with Crippen molar-refractivity contribution in [1.29, 1.82) is 0 Å². The van der Waals surface area contributed by atoms with Crippen molar-refractivity contribution in [2.75, 3.05) is 0 Å². The quantitative estimate of drug-likeness (QED) is 0.0675. The molecule has 80 heavy (non-hydrogen) atoms. The Hall–Kier alpha value is -6.50. The molecule has 0 fully saturated rings. The fraction of sp³-hybridized carbons (Fsp3) is 0.302. The van der Waals surface area contributed by atoms with Crippen molar-refractivity contribution in [1.82, 2.24) is 29.7 Å². The molecule has 13 rings (SSSR count). The van der Waals surface area contributed by atoms with Gasteiger partial charge in [0.1, 0.15) is 5.15 Å². The molecule has 17 heteroatoms. The molecule has 0 saturated heterocycles. The Morgan fingerprint density at radius 3 is 1.69 bits per heavy atom. The van der Waals surface area contributed by atoms with E-state index in [0.29, 0.717) is 43.4 Å². The molecule has 4 aliphatic rings. The highest BCUT2D eigenvalue weighted by Crippen LogP contribution is 2.49. The number of hydrogen-bond acceptors (Lipinski definition) is 6. The predicted octanol–water partition coefficient (Wildman–Crippen LogP) is 16.4. The molecule has 4 N–H and O–H groups in total. The number of nitrogens with one attached hydrogen (secondary N) is 4. The van der Waals surface area contributed by atoms with Crippen LogP contribution in [-0.4, -0.2) is 71.6 Å². The summed E-state index contributed by atoms with van der Waals surface area (Å²) in [6, 6.07) is 27.1. The van der Waals surface area contributed by atoms with Crippen LogP contribution in [0.15, 0.2) is 115 Å². The van der Waals surface area contributed by atoms with Gasteiger partial charge in [-0.25, -0.2) is 0 Å². The maximum Gasteiger partial charge on any atom is 0.259 e. The van der Waals surface area contributed by atoms with Crippen LogP contribution < -0.4 is 10.6 Å². The number of nitrogens with zero attached hydrogens (tertiary/aromatic N) is 2. The first-order chi connectivity index (χ1) is 37.3. The summed E-state index contributed by atoms with van der Waals surface area (Å²) < 4.78 is 18.0. The molecule has 4 aromatic heterocycles. The normalized spacial score (nSPS) is 19.6. The van der Waals surface area contributed by atoms with Crippen LogP contribution in [0.1, 0.15) is 106 Å². The maximum absolute atomic E-state index is 13.4. The van der Waals surface area contributed by atoms with E-state index < -0.39 is 28.4 Å². The van der Waals surface area contributed by atoms with E-state index in [9.17, 15) is 19.2 Å². The number of amides is 4. The molecule has 412 valence electrons. The summed E-state index contributed by atoms with van der Waals surface area (Å²) in [5.41, 5.74) is 7.92. The van der Waals surface area contributed by atoms with Gasteiger partial charge < -0.3 is 28.0 Å². The number of para-hydroxylation sites is 2. The first-order valence-corrected chi connectivity index (χ1v) is 33.7. The van der Waals surface area contributed by atoms with Crippen LogP contribution in [0, 0.1) is 0 Å². The van der Waals surface area contributed by atoms with Crippen LogP contribution in [-0.2, 0) is 18.4 Å². The summed E-state index contributed by atoms with van der Waals surface area (Å²) >= 11 is 19.2. The van der Waals surface area contributed by atoms with Crippen molar-refractivity contribution in [3.63, 3.8) is 0 Å². The minimum absolute atomic E-state index is 0. The first-order valence-electron chi connectivity index (χ1n) is 26.8. The summed E-state index contributed by atoms with van der Waals surface area (Å²) in [4.78, 5) is 59.8. The Morgan fingerprint density at radius 2 is 1.06 bits per heavy atom. The van der Waals surface area contributed by atoms with E-state index in [2.05, 4.69) is 128 Å². The lowest BCUT2D eigenvalue weighted by molar-refractivity contribution is -0.122. The molecule has 0 radical (unpaired) electrons. The van der Waals surface area contributed by atoms with E-state index in [4.69, 9.17) is 43.7 Å². The molecule has 5 aromatic carbocycles. The number of carbonyl (C=O) groups excluding carboxylic acids is 4. The molecule has 2 aliphatic carbocycles. The average molecular weight is 1160 g/mol. The van der Waals surface area contributed by atoms with E-state index >= 15 is 0 Å². The molecule has 0 bridgehead atoms. The number of imide groups is 2. The van der Waals surface area contributed by atoms with Crippen LogP contribution in [0.3, 0.4) is 0 Å². The maximum atomic E-state index is 13.4. The number of fused-ring (bicyclic) bond motifs is 12. The molecule has 3 unspecified atom stereocenters. The van der Waals surface area contributed by atoms with Gasteiger partial charge in [-0.1, -0.05) is 157 Å². The number of hydrogen-bond donors (Lipinski definition) is 4. The third-order valence-corrected chi connectivity index (χ3v) is 27.2. The molecular weight excluding hydrogens is 1100 g/mol. The van der Waals surface area contributed by atoms with Crippen molar-refractivity contribution in [3.05, 3.63) is 153 Å². The summed E-state index contributed by atoms with van der Waals surface area (Å²) in [5, 5.41) is 11.7. The van der Waals surface area contributed by atoms with E-state index in [1.165, 1.54) is 0 Å². The fourth-order valence-corrected chi connectivity index (χ4v) is 14.8. The standard InChI is InChI=1S/C31H31Cl2N3O3Si.C31H30ClN3O3Si.CH4/c1-31(2,3)40(4,5)39-19-12-11-18(15-19)36-16-22(20-8-6-7-9-24(20)36)26-27(30(38)35-29(26)37)25-21-13-10-17(32)14-23(21)34-28(25)33;1-31(2,3)39(4,5)38-18-12-11-17(15-18)35-22-9-7-6-8-20(22)24-26-25(29(36)34-30(26)37)23-19-13-10-16(32)14-21(19)33-27(23)28(24)35;/h6-14,16,18-19,34H,15H2,1-5H3,(H,35,37,38);6-14,17-18,33H,15H2,1-5H3,(H,34,36,37);1H4/t;17?,18-;/m.0./s1. The van der Waals surface area contributed by atoms with E-state index in [1.807, 2.05) is 72.9 Å². The topological polar surface area (TPSA) is 152 Å². The molecule has 12 nitrogen and oxygen atoms in total. The second-order valence-corrected chi connectivity index (χ2v) is 35.2. The van der Waals surface area contributed by atoms with Crippen molar-refractivity contribution in [2.45, 2.75) is 122 Å². The lowest BCUT2D eigenvalue weighted by atomic mass is 9.95. The van der Waals surface area contributed by atoms with Crippen LogP contribution >= 0.6 is 34.8 Å². The van der Waals surface area contributed by atoms with Crippen LogP contribution in [0.5, 0.6) is 0 Å². The Kier molecular flexibility index (Phi) is 13.6. The third-order valence-electron chi connectivity index (χ3n) is 17.5. The zero-order chi connectivity index (χ0) is 56.0. The number of carbonyl (C=O) groups is 4. The predicted molar refractivity (Wildman–Crippen MR) is 332 cm³/mol. The van der Waals surface area contributed by atoms with E-state index in [-0.39, 0.29) is 64.3 Å². The number of halogens is 3. The zero-order valence-corrected chi connectivity index (χ0v) is 49.9. The second kappa shape index (κ2) is 19.6. The number of H-pyrrole nitrogens is 2. The number of aromatic nitrogens is 4. The van der Waals surface area contributed by atoms with Gasteiger partial charge in [-0.05, 0) is 72.7 Å². The molecule has 0 spiro atoms. The van der Waals surface area contributed by atoms with Gasteiger partial charge in [0.05, 0.1) is 57.6 Å². The molecule has 4 amide bonds.